The summed E-state index contributed by atoms with van der Waals surface area (Å²) in [6.07, 6.45) is 2.67. The van der Waals surface area contributed by atoms with Gasteiger partial charge in [0.15, 0.2) is 5.79 Å². The van der Waals surface area contributed by atoms with Crippen molar-refractivity contribution in [3.8, 4) is 0 Å². The molecular formula is C16H22FNO3S. The van der Waals surface area contributed by atoms with Crippen molar-refractivity contribution in [2.75, 3.05) is 13.2 Å². The van der Waals surface area contributed by atoms with Crippen LogP contribution >= 0.6 is 0 Å². The van der Waals surface area contributed by atoms with E-state index in [1.54, 1.807) is 18.3 Å². The molecule has 1 aliphatic heterocycles. The first-order chi connectivity index (χ1) is 10.3. The van der Waals surface area contributed by atoms with Gasteiger partial charge in [-0.2, -0.15) is 0 Å². The molecule has 0 aliphatic carbocycles. The Balaban J connectivity index is 2.03. The molecule has 0 radical (unpaired) electrons. The molecule has 0 bridgehead atoms. The van der Waals surface area contributed by atoms with Crippen LogP contribution in [0.25, 0.3) is 0 Å². The summed E-state index contributed by atoms with van der Waals surface area (Å²) in [6.45, 7) is 6.57. The van der Waals surface area contributed by atoms with E-state index < -0.39 is 17.1 Å². The smallest absolute Gasteiger partial charge is 0.195 e. The Hall–Kier alpha value is -0.950. The van der Waals surface area contributed by atoms with E-state index in [-0.39, 0.29) is 10.6 Å². The first-order valence-corrected chi connectivity index (χ1v) is 8.43. The van der Waals surface area contributed by atoms with E-state index in [1.165, 1.54) is 12.1 Å². The SMILES string of the molecule is CC(C)(C)[S+]([O-])/N=C\CCC1(c2cccc(F)c2)OCCO1. The van der Waals surface area contributed by atoms with Crippen LogP contribution < -0.4 is 0 Å². The minimum absolute atomic E-state index is 0.321. The number of rotatable bonds is 5. The molecule has 1 unspecified atom stereocenters. The molecular weight excluding hydrogens is 305 g/mol. The van der Waals surface area contributed by atoms with E-state index in [2.05, 4.69) is 4.40 Å². The maximum atomic E-state index is 13.4. The third kappa shape index (κ3) is 4.29. The summed E-state index contributed by atoms with van der Waals surface area (Å²) in [7, 11) is 0. The molecule has 1 heterocycles. The molecule has 1 atom stereocenters. The monoisotopic (exact) mass is 327 g/mol. The number of hydrogen-bond acceptors (Lipinski definition) is 4. The predicted molar refractivity (Wildman–Crippen MR) is 85.6 cm³/mol. The van der Waals surface area contributed by atoms with Crippen LogP contribution in [-0.4, -0.2) is 28.7 Å². The third-order valence-electron chi connectivity index (χ3n) is 3.31. The third-order valence-corrected chi connectivity index (χ3v) is 4.70. The van der Waals surface area contributed by atoms with Crippen molar-refractivity contribution in [1.82, 2.24) is 0 Å². The fourth-order valence-electron chi connectivity index (χ4n) is 2.17. The van der Waals surface area contributed by atoms with Crippen molar-refractivity contribution in [2.24, 2.45) is 4.40 Å². The van der Waals surface area contributed by atoms with Gasteiger partial charge >= 0.3 is 0 Å². The van der Waals surface area contributed by atoms with Gasteiger partial charge < -0.3 is 14.0 Å². The van der Waals surface area contributed by atoms with Crippen molar-refractivity contribution in [3.05, 3.63) is 35.6 Å². The number of hydrogen-bond donors (Lipinski definition) is 0. The molecule has 1 fully saturated rings. The summed E-state index contributed by atoms with van der Waals surface area (Å²) in [5.74, 6) is -1.25. The Labute approximate surface area is 134 Å². The maximum absolute atomic E-state index is 13.4. The predicted octanol–water partition coefficient (Wildman–Crippen LogP) is 3.34. The largest absolute Gasteiger partial charge is 0.591 e. The van der Waals surface area contributed by atoms with Crippen LogP contribution in [0.1, 0.15) is 39.2 Å². The van der Waals surface area contributed by atoms with Gasteiger partial charge in [0.2, 0.25) is 0 Å². The number of ether oxygens (including phenoxy) is 2. The molecule has 0 N–H and O–H groups in total. The zero-order chi connectivity index (χ0) is 16.2. The number of halogens is 1. The molecule has 0 saturated carbocycles. The fraction of sp³-hybridized carbons (Fsp3) is 0.562. The first-order valence-electron chi connectivity index (χ1n) is 7.32. The Kier molecular flexibility index (Phi) is 5.60. The van der Waals surface area contributed by atoms with Crippen molar-refractivity contribution >= 4 is 17.6 Å². The normalized spacial score (nSPS) is 19.7. The highest BCUT2D eigenvalue weighted by Gasteiger charge is 2.38. The van der Waals surface area contributed by atoms with E-state index in [1.807, 2.05) is 20.8 Å². The summed E-state index contributed by atoms with van der Waals surface area (Å²) >= 11 is -1.27. The van der Waals surface area contributed by atoms with E-state index in [0.29, 0.717) is 31.6 Å². The summed E-state index contributed by atoms with van der Waals surface area (Å²) < 4.78 is 40.4. The van der Waals surface area contributed by atoms with Crippen molar-refractivity contribution in [2.45, 2.75) is 44.1 Å². The first kappa shape index (κ1) is 17.4. The second-order valence-electron chi connectivity index (χ2n) is 6.15. The molecule has 1 aliphatic rings. The van der Waals surface area contributed by atoms with Gasteiger partial charge in [-0.3, -0.25) is 0 Å². The van der Waals surface area contributed by atoms with Crippen LogP contribution in [0.15, 0.2) is 28.7 Å². The molecule has 1 saturated heterocycles. The van der Waals surface area contributed by atoms with Crippen LogP contribution in [-0.2, 0) is 26.6 Å². The second kappa shape index (κ2) is 7.08. The van der Waals surface area contributed by atoms with Gasteiger partial charge in [-0.15, -0.1) is 0 Å². The van der Waals surface area contributed by atoms with Crippen molar-refractivity contribution < 1.29 is 18.4 Å². The number of nitrogens with zero attached hydrogens (tertiary/aromatic N) is 1. The molecule has 6 heteroatoms. The average Bonchev–Trinajstić information content (AvgIpc) is 2.92. The lowest BCUT2D eigenvalue weighted by molar-refractivity contribution is -0.169. The quantitative estimate of drug-likeness (QED) is 0.616. The second-order valence-corrected chi connectivity index (χ2v) is 8.08. The molecule has 0 aromatic heterocycles. The van der Waals surface area contributed by atoms with Crippen LogP contribution in [0.3, 0.4) is 0 Å². The Morgan fingerprint density at radius 1 is 1.36 bits per heavy atom. The Morgan fingerprint density at radius 3 is 2.64 bits per heavy atom. The minimum atomic E-state index is -1.27. The van der Waals surface area contributed by atoms with Crippen LogP contribution in [0.2, 0.25) is 0 Å². The lowest BCUT2D eigenvalue weighted by Crippen LogP contribution is -2.28. The van der Waals surface area contributed by atoms with Gasteiger partial charge in [0, 0.05) is 12.0 Å². The lowest BCUT2D eigenvalue weighted by Gasteiger charge is -2.27. The van der Waals surface area contributed by atoms with Gasteiger partial charge in [0.05, 0.1) is 19.4 Å². The molecule has 122 valence electrons. The molecule has 2 rings (SSSR count). The Bertz CT molecular complexity index is 524. The molecule has 1 aromatic rings. The van der Waals surface area contributed by atoms with Gasteiger partial charge in [0.1, 0.15) is 21.9 Å². The lowest BCUT2D eigenvalue weighted by atomic mass is 10.0. The maximum Gasteiger partial charge on any atom is 0.195 e. The fourth-order valence-corrected chi connectivity index (χ4v) is 2.73. The topological polar surface area (TPSA) is 53.9 Å². The molecule has 0 amide bonds. The van der Waals surface area contributed by atoms with E-state index in [4.69, 9.17) is 9.47 Å². The Morgan fingerprint density at radius 2 is 2.05 bits per heavy atom. The zero-order valence-electron chi connectivity index (χ0n) is 13.2. The number of benzene rings is 1. The van der Waals surface area contributed by atoms with Crippen LogP contribution in [0, 0.1) is 5.82 Å². The molecule has 4 nitrogen and oxygen atoms in total. The zero-order valence-corrected chi connectivity index (χ0v) is 14.0. The summed E-state index contributed by atoms with van der Waals surface area (Å²) in [4.78, 5) is 0. The highest BCUT2D eigenvalue weighted by Crippen LogP contribution is 2.36. The van der Waals surface area contributed by atoms with Gasteiger partial charge in [-0.25, -0.2) is 4.39 Å². The molecule has 1 aromatic carbocycles. The van der Waals surface area contributed by atoms with Gasteiger partial charge in [-0.1, -0.05) is 16.5 Å². The average molecular weight is 327 g/mol. The highest BCUT2D eigenvalue weighted by molar-refractivity contribution is 7.91. The van der Waals surface area contributed by atoms with Crippen LogP contribution in [0.4, 0.5) is 4.39 Å². The van der Waals surface area contributed by atoms with Crippen LogP contribution in [0.5, 0.6) is 0 Å². The summed E-state index contributed by atoms with van der Waals surface area (Å²) in [6, 6.07) is 6.24. The standard InChI is InChI=1S/C16H22FNO3S/c1-15(2,3)22(19)18-9-5-8-16(20-10-11-21-16)13-6-4-7-14(17)12-13/h4,6-7,9,12H,5,8,10-11H2,1-3H3/b18-9-. The van der Waals surface area contributed by atoms with E-state index >= 15 is 0 Å². The van der Waals surface area contributed by atoms with Gasteiger partial charge in [-0.05, 0) is 39.3 Å². The molecule has 0 spiro atoms. The van der Waals surface area contributed by atoms with E-state index in [9.17, 15) is 8.94 Å². The van der Waals surface area contributed by atoms with Crippen molar-refractivity contribution in [1.29, 1.82) is 0 Å². The summed E-state index contributed by atoms with van der Waals surface area (Å²) in [5.41, 5.74) is 0.662. The minimum Gasteiger partial charge on any atom is -0.591 e. The molecule has 22 heavy (non-hydrogen) atoms. The van der Waals surface area contributed by atoms with Gasteiger partial charge in [0.25, 0.3) is 0 Å². The van der Waals surface area contributed by atoms with Crippen molar-refractivity contribution in [3.63, 3.8) is 0 Å². The summed E-state index contributed by atoms with van der Waals surface area (Å²) in [5, 5.41) is 0. The van der Waals surface area contributed by atoms with E-state index in [0.717, 1.165) is 0 Å². The highest BCUT2D eigenvalue weighted by atomic mass is 32.2.